The molecule has 0 aromatic carbocycles. The minimum atomic E-state index is 0.491. The maximum atomic E-state index is 5.29. The second kappa shape index (κ2) is 8.04. The Morgan fingerprint density at radius 1 is 1.44 bits per heavy atom. The summed E-state index contributed by atoms with van der Waals surface area (Å²) in [4.78, 5) is 2.61. The van der Waals surface area contributed by atoms with Gasteiger partial charge >= 0.3 is 0 Å². The van der Waals surface area contributed by atoms with Gasteiger partial charge in [0.05, 0.1) is 6.61 Å². The summed E-state index contributed by atoms with van der Waals surface area (Å²) in [6.07, 6.45) is 5.30. The van der Waals surface area contributed by atoms with Crippen LogP contribution in [0.4, 0.5) is 0 Å². The highest BCUT2D eigenvalue weighted by atomic mass is 16.5. The average molecular weight is 228 g/mol. The molecule has 2 atom stereocenters. The van der Waals surface area contributed by atoms with Crippen LogP contribution in [-0.2, 0) is 4.74 Å². The average Bonchev–Trinajstić information content (AvgIpc) is 2.29. The minimum Gasteiger partial charge on any atom is -0.383 e. The Kier molecular flexibility index (Phi) is 7.01. The zero-order chi connectivity index (χ0) is 11.8. The van der Waals surface area contributed by atoms with Gasteiger partial charge in [-0.3, -0.25) is 4.90 Å². The van der Waals surface area contributed by atoms with E-state index < -0.39 is 0 Å². The number of likely N-dealkylation sites (tertiary alicyclic amines) is 1. The molecular formula is C13H28N2O. The van der Waals surface area contributed by atoms with Gasteiger partial charge in [0.2, 0.25) is 0 Å². The zero-order valence-corrected chi connectivity index (χ0v) is 11.2. The highest BCUT2D eigenvalue weighted by Gasteiger charge is 2.21. The molecule has 1 aliphatic rings. The molecule has 1 saturated heterocycles. The second-order valence-electron chi connectivity index (χ2n) is 4.95. The monoisotopic (exact) mass is 228 g/mol. The molecule has 1 N–H and O–H groups in total. The van der Waals surface area contributed by atoms with E-state index in [0.29, 0.717) is 6.04 Å². The standard InChI is InChI=1S/C13H28N2O/c1-4-8-14-13(11-16-3)10-15-9-6-5-7-12(15)2/h12-14H,4-11H2,1-3H3. The summed E-state index contributed by atoms with van der Waals surface area (Å²) in [6, 6.07) is 1.24. The van der Waals surface area contributed by atoms with Crippen molar-refractivity contribution in [1.29, 1.82) is 0 Å². The molecule has 1 rings (SSSR count). The van der Waals surface area contributed by atoms with E-state index in [2.05, 4.69) is 24.1 Å². The summed E-state index contributed by atoms with van der Waals surface area (Å²) in [6.45, 7) is 8.87. The van der Waals surface area contributed by atoms with Gasteiger partial charge in [0.25, 0.3) is 0 Å². The molecule has 0 aromatic heterocycles. The molecule has 0 bridgehead atoms. The van der Waals surface area contributed by atoms with Crippen LogP contribution in [0, 0.1) is 0 Å². The summed E-state index contributed by atoms with van der Waals surface area (Å²) in [5, 5.41) is 3.57. The summed E-state index contributed by atoms with van der Waals surface area (Å²) in [7, 11) is 1.79. The largest absolute Gasteiger partial charge is 0.383 e. The highest BCUT2D eigenvalue weighted by Crippen LogP contribution is 2.16. The minimum absolute atomic E-state index is 0.491. The summed E-state index contributed by atoms with van der Waals surface area (Å²) in [5.41, 5.74) is 0. The Labute approximate surface area is 101 Å². The highest BCUT2D eigenvalue weighted by molar-refractivity contribution is 4.78. The van der Waals surface area contributed by atoms with Gasteiger partial charge < -0.3 is 10.1 Å². The molecule has 0 aliphatic carbocycles. The zero-order valence-electron chi connectivity index (χ0n) is 11.2. The lowest BCUT2D eigenvalue weighted by atomic mass is 10.0. The van der Waals surface area contributed by atoms with Crippen molar-refractivity contribution >= 4 is 0 Å². The topological polar surface area (TPSA) is 24.5 Å². The first-order valence-electron chi connectivity index (χ1n) is 6.74. The summed E-state index contributed by atoms with van der Waals surface area (Å²) >= 11 is 0. The van der Waals surface area contributed by atoms with E-state index in [1.54, 1.807) is 7.11 Å². The first-order valence-corrected chi connectivity index (χ1v) is 6.74. The number of hydrogen-bond donors (Lipinski definition) is 1. The third-order valence-corrected chi connectivity index (χ3v) is 3.45. The summed E-state index contributed by atoms with van der Waals surface area (Å²) in [5.74, 6) is 0. The lowest BCUT2D eigenvalue weighted by Gasteiger charge is -2.36. The van der Waals surface area contributed by atoms with Crippen LogP contribution < -0.4 is 5.32 Å². The number of nitrogens with one attached hydrogen (secondary N) is 1. The normalized spacial score (nSPS) is 24.6. The molecule has 16 heavy (non-hydrogen) atoms. The Morgan fingerprint density at radius 3 is 2.88 bits per heavy atom. The first kappa shape index (κ1) is 13.9. The van der Waals surface area contributed by atoms with Gasteiger partial charge in [-0.15, -0.1) is 0 Å². The Balaban J connectivity index is 2.33. The van der Waals surface area contributed by atoms with Gasteiger partial charge in [-0.05, 0) is 39.3 Å². The lowest BCUT2D eigenvalue weighted by Crippen LogP contribution is -2.48. The van der Waals surface area contributed by atoms with Gasteiger partial charge in [-0.1, -0.05) is 13.3 Å². The number of hydrogen-bond acceptors (Lipinski definition) is 3. The van der Waals surface area contributed by atoms with Crippen molar-refractivity contribution in [2.45, 2.75) is 51.6 Å². The predicted molar refractivity (Wildman–Crippen MR) is 68.8 cm³/mol. The molecule has 3 heteroatoms. The summed E-state index contributed by atoms with van der Waals surface area (Å²) < 4.78 is 5.29. The molecule has 0 aromatic rings. The molecule has 1 aliphatic heterocycles. The van der Waals surface area contributed by atoms with Gasteiger partial charge in [0.15, 0.2) is 0 Å². The van der Waals surface area contributed by atoms with Crippen molar-refractivity contribution in [3.8, 4) is 0 Å². The quantitative estimate of drug-likeness (QED) is 0.720. The fraction of sp³-hybridized carbons (Fsp3) is 1.00. The number of piperidine rings is 1. The van der Waals surface area contributed by atoms with Crippen LogP contribution in [0.15, 0.2) is 0 Å². The van der Waals surface area contributed by atoms with Crippen LogP contribution >= 0.6 is 0 Å². The molecule has 0 saturated carbocycles. The fourth-order valence-electron chi connectivity index (χ4n) is 2.44. The van der Waals surface area contributed by atoms with E-state index in [1.807, 2.05) is 0 Å². The molecule has 0 spiro atoms. The smallest absolute Gasteiger partial charge is 0.0628 e. The van der Waals surface area contributed by atoms with E-state index in [-0.39, 0.29) is 0 Å². The second-order valence-corrected chi connectivity index (χ2v) is 4.95. The third-order valence-electron chi connectivity index (χ3n) is 3.45. The van der Waals surface area contributed by atoms with E-state index in [9.17, 15) is 0 Å². The lowest BCUT2D eigenvalue weighted by molar-refractivity contribution is 0.104. The van der Waals surface area contributed by atoms with Crippen molar-refractivity contribution in [2.75, 3.05) is 33.4 Å². The van der Waals surface area contributed by atoms with E-state index in [1.165, 1.54) is 32.2 Å². The third kappa shape index (κ3) is 4.81. The van der Waals surface area contributed by atoms with Gasteiger partial charge in [0, 0.05) is 25.7 Å². The van der Waals surface area contributed by atoms with E-state index >= 15 is 0 Å². The van der Waals surface area contributed by atoms with Crippen molar-refractivity contribution in [1.82, 2.24) is 10.2 Å². The maximum Gasteiger partial charge on any atom is 0.0628 e. The van der Waals surface area contributed by atoms with Crippen LogP contribution in [0.1, 0.15) is 39.5 Å². The van der Waals surface area contributed by atoms with E-state index in [0.717, 1.165) is 25.7 Å². The first-order chi connectivity index (χ1) is 7.77. The van der Waals surface area contributed by atoms with Crippen molar-refractivity contribution in [3.05, 3.63) is 0 Å². The molecule has 3 nitrogen and oxygen atoms in total. The van der Waals surface area contributed by atoms with Crippen molar-refractivity contribution in [2.24, 2.45) is 0 Å². The van der Waals surface area contributed by atoms with Gasteiger partial charge in [0.1, 0.15) is 0 Å². The fourth-order valence-corrected chi connectivity index (χ4v) is 2.44. The van der Waals surface area contributed by atoms with Crippen molar-refractivity contribution in [3.63, 3.8) is 0 Å². The van der Waals surface area contributed by atoms with Crippen LogP contribution in [0.25, 0.3) is 0 Å². The maximum absolute atomic E-state index is 5.29. The van der Waals surface area contributed by atoms with Crippen LogP contribution in [0.2, 0.25) is 0 Å². The van der Waals surface area contributed by atoms with Crippen LogP contribution in [0.5, 0.6) is 0 Å². The number of ether oxygens (including phenoxy) is 1. The number of nitrogens with zero attached hydrogens (tertiary/aromatic N) is 1. The Hall–Kier alpha value is -0.120. The molecule has 1 fully saturated rings. The van der Waals surface area contributed by atoms with Gasteiger partial charge in [-0.2, -0.15) is 0 Å². The molecule has 2 unspecified atom stereocenters. The molecule has 96 valence electrons. The van der Waals surface area contributed by atoms with Gasteiger partial charge in [-0.25, -0.2) is 0 Å². The molecular weight excluding hydrogens is 200 g/mol. The number of rotatable bonds is 7. The SMILES string of the molecule is CCCNC(COC)CN1CCCCC1C. The Bertz CT molecular complexity index is 175. The molecule has 0 amide bonds. The van der Waals surface area contributed by atoms with Crippen molar-refractivity contribution < 1.29 is 4.74 Å². The van der Waals surface area contributed by atoms with Crippen LogP contribution in [0.3, 0.4) is 0 Å². The number of methoxy groups -OCH3 is 1. The molecule has 1 heterocycles. The molecule has 0 radical (unpaired) electrons. The predicted octanol–water partition coefficient (Wildman–Crippen LogP) is 1.88. The Morgan fingerprint density at radius 2 is 2.25 bits per heavy atom. The van der Waals surface area contributed by atoms with Crippen LogP contribution in [-0.4, -0.2) is 50.3 Å². The van der Waals surface area contributed by atoms with E-state index in [4.69, 9.17) is 4.74 Å².